The van der Waals surface area contributed by atoms with E-state index in [0.717, 1.165) is 0 Å². The number of nitrogens with one attached hydrogen (secondary N) is 3. The molecule has 0 aromatic heterocycles. The Morgan fingerprint density at radius 1 is 0.829 bits per heavy atom. The molecule has 0 aliphatic carbocycles. The fraction of sp³-hybridized carbons (Fsp3) is 0.773. The minimum atomic E-state index is -1.57. The molecule has 13 heteroatoms. The number of hydrogen-bond donors (Lipinski definition) is 8. The van der Waals surface area contributed by atoms with E-state index in [1.165, 1.54) is 6.92 Å². The standard InChI is InChI=1S/C22H43N7O6/c1-11(2)9-14(23)18(31)28-16(10-12(3)4)20(33)27-15(7-6-8-26-22(24)25)19(32)29-17(13(5)30)21(34)35/h11-17,30H,6-10,23H2,1-5H3,(H,27,33)(H,28,31)(H,29,32)(H,34,35)(H4,24,25,26). The van der Waals surface area contributed by atoms with E-state index in [2.05, 4.69) is 20.9 Å². The summed E-state index contributed by atoms with van der Waals surface area (Å²) in [5, 5.41) is 26.4. The molecule has 0 saturated carbocycles. The van der Waals surface area contributed by atoms with E-state index >= 15 is 0 Å². The van der Waals surface area contributed by atoms with E-state index in [9.17, 15) is 29.4 Å². The Balaban J connectivity index is 5.61. The summed E-state index contributed by atoms with van der Waals surface area (Å²) in [7, 11) is 0. The zero-order valence-electron chi connectivity index (χ0n) is 21.3. The SMILES string of the molecule is CC(C)CC(N)C(=O)NC(CC(C)C)C(=O)NC(CCCN=C(N)N)C(=O)NC(C(=O)O)C(C)O. The number of aliphatic hydroxyl groups excluding tert-OH is 1. The molecule has 0 aromatic rings. The highest BCUT2D eigenvalue weighted by atomic mass is 16.4. The molecule has 0 aromatic carbocycles. The number of carbonyl (C=O) groups is 4. The second kappa shape index (κ2) is 15.9. The first-order valence-electron chi connectivity index (χ1n) is 11.8. The van der Waals surface area contributed by atoms with Crippen LogP contribution in [0.3, 0.4) is 0 Å². The molecule has 0 radical (unpaired) electrons. The number of aliphatic imine (C=N–C) groups is 1. The Morgan fingerprint density at radius 3 is 1.80 bits per heavy atom. The van der Waals surface area contributed by atoms with Crippen LogP contribution in [0.4, 0.5) is 0 Å². The van der Waals surface area contributed by atoms with Crippen molar-refractivity contribution in [2.75, 3.05) is 6.54 Å². The third-order valence-electron chi connectivity index (χ3n) is 5.03. The summed E-state index contributed by atoms with van der Waals surface area (Å²) >= 11 is 0. The molecule has 11 N–H and O–H groups in total. The maximum absolute atomic E-state index is 13.1. The monoisotopic (exact) mass is 501 g/mol. The van der Waals surface area contributed by atoms with E-state index in [1.54, 1.807) is 0 Å². The van der Waals surface area contributed by atoms with Gasteiger partial charge in [-0.05, 0) is 44.4 Å². The van der Waals surface area contributed by atoms with Crippen LogP contribution in [0.15, 0.2) is 4.99 Å². The molecule has 0 bridgehead atoms. The van der Waals surface area contributed by atoms with Gasteiger partial charge >= 0.3 is 5.97 Å². The molecule has 0 fully saturated rings. The third-order valence-corrected chi connectivity index (χ3v) is 5.03. The van der Waals surface area contributed by atoms with Gasteiger partial charge in [-0.1, -0.05) is 27.7 Å². The Hall–Kier alpha value is -2.93. The van der Waals surface area contributed by atoms with Crippen molar-refractivity contribution in [2.45, 2.75) is 90.6 Å². The lowest BCUT2D eigenvalue weighted by molar-refractivity contribution is -0.145. The maximum atomic E-state index is 13.1. The number of carbonyl (C=O) groups excluding carboxylic acids is 3. The lowest BCUT2D eigenvalue weighted by atomic mass is 10.00. The van der Waals surface area contributed by atoms with Gasteiger partial charge in [0, 0.05) is 6.54 Å². The van der Waals surface area contributed by atoms with Gasteiger partial charge in [-0.3, -0.25) is 19.4 Å². The quantitative estimate of drug-likeness (QED) is 0.0688. The van der Waals surface area contributed by atoms with E-state index in [0.29, 0.717) is 19.3 Å². The Kier molecular flexibility index (Phi) is 14.5. The average molecular weight is 502 g/mol. The van der Waals surface area contributed by atoms with Gasteiger partial charge in [0.05, 0.1) is 12.1 Å². The molecule has 5 unspecified atom stereocenters. The fourth-order valence-corrected chi connectivity index (χ4v) is 3.28. The Morgan fingerprint density at radius 2 is 1.34 bits per heavy atom. The number of amides is 3. The van der Waals surface area contributed by atoms with Gasteiger partial charge in [-0.25, -0.2) is 4.79 Å². The first-order chi connectivity index (χ1) is 16.1. The zero-order valence-corrected chi connectivity index (χ0v) is 21.3. The summed E-state index contributed by atoms with van der Waals surface area (Å²) in [6.07, 6.45) is -0.267. The van der Waals surface area contributed by atoms with Gasteiger partial charge in [-0.15, -0.1) is 0 Å². The molecule has 3 amide bonds. The lowest BCUT2D eigenvalue weighted by Crippen LogP contribution is -2.58. The molecule has 0 aliphatic heterocycles. The van der Waals surface area contributed by atoms with Gasteiger partial charge in [0.1, 0.15) is 12.1 Å². The third kappa shape index (κ3) is 13.5. The zero-order chi connectivity index (χ0) is 27.3. The van der Waals surface area contributed by atoms with E-state index in [4.69, 9.17) is 17.2 Å². The number of aliphatic carboxylic acids is 1. The molecule has 13 nitrogen and oxygen atoms in total. The molecule has 0 aliphatic rings. The molecule has 0 rings (SSSR count). The smallest absolute Gasteiger partial charge is 0.328 e. The summed E-state index contributed by atoms with van der Waals surface area (Å²) < 4.78 is 0. The van der Waals surface area contributed by atoms with Crippen molar-refractivity contribution in [1.82, 2.24) is 16.0 Å². The van der Waals surface area contributed by atoms with E-state index in [-0.39, 0.29) is 30.8 Å². The van der Waals surface area contributed by atoms with Crippen LogP contribution in [0.25, 0.3) is 0 Å². The van der Waals surface area contributed by atoms with Gasteiger partial charge in [0.15, 0.2) is 12.0 Å². The largest absolute Gasteiger partial charge is 0.480 e. The summed E-state index contributed by atoms with van der Waals surface area (Å²) in [5.74, 6) is -3.24. The highest BCUT2D eigenvalue weighted by Crippen LogP contribution is 2.09. The minimum absolute atomic E-state index is 0.0353. The van der Waals surface area contributed by atoms with Crippen molar-refractivity contribution in [3.8, 4) is 0 Å². The lowest BCUT2D eigenvalue weighted by Gasteiger charge is -2.26. The molecule has 0 saturated heterocycles. The Labute approximate surface area is 206 Å². The molecular weight excluding hydrogens is 458 g/mol. The predicted molar refractivity (Wildman–Crippen MR) is 132 cm³/mol. The van der Waals surface area contributed by atoms with E-state index < -0.39 is 54.0 Å². The topological polar surface area (TPSA) is 235 Å². The van der Waals surface area contributed by atoms with Gasteiger partial charge in [-0.2, -0.15) is 0 Å². The molecule has 5 atom stereocenters. The minimum Gasteiger partial charge on any atom is -0.480 e. The Bertz CT molecular complexity index is 738. The van der Waals surface area contributed by atoms with Crippen LogP contribution in [-0.2, 0) is 19.2 Å². The van der Waals surface area contributed by atoms with Crippen molar-refractivity contribution < 1.29 is 29.4 Å². The summed E-state index contributed by atoms with van der Waals surface area (Å²) in [6, 6.07) is -4.48. The molecule has 35 heavy (non-hydrogen) atoms. The normalized spacial score (nSPS) is 15.5. The summed E-state index contributed by atoms with van der Waals surface area (Å²) in [4.78, 5) is 53.7. The number of carboxylic acids is 1. The van der Waals surface area contributed by atoms with Crippen molar-refractivity contribution in [3.05, 3.63) is 0 Å². The van der Waals surface area contributed by atoms with Crippen molar-refractivity contribution in [1.29, 1.82) is 0 Å². The van der Waals surface area contributed by atoms with Crippen LogP contribution in [0.2, 0.25) is 0 Å². The summed E-state index contributed by atoms with van der Waals surface area (Å²) in [6.45, 7) is 9.00. The number of guanidine groups is 1. The van der Waals surface area contributed by atoms with Gasteiger partial charge in [0.2, 0.25) is 17.7 Å². The number of nitrogens with two attached hydrogens (primary N) is 3. The van der Waals surface area contributed by atoms with Crippen molar-refractivity contribution in [3.63, 3.8) is 0 Å². The molecule has 0 heterocycles. The van der Waals surface area contributed by atoms with Crippen molar-refractivity contribution >= 4 is 29.7 Å². The highest BCUT2D eigenvalue weighted by Gasteiger charge is 2.32. The first-order valence-corrected chi connectivity index (χ1v) is 11.8. The van der Waals surface area contributed by atoms with Crippen LogP contribution in [0.1, 0.15) is 60.3 Å². The number of carboxylic acid groups (broad SMARTS) is 1. The summed E-state index contributed by atoms with van der Waals surface area (Å²) in [5.41, 5.74) is 16.6. The average Bonchev–Trinajstić information content (AvgIpc) is 2.71. The second-order valence-electron chi connectivity index (χ2n) is 9.50. The van der Waals surface area contributed by atoms with Crippen LogP contribution in [0.5, 0.6) is 0 Å². The second-order valence-corrected chi connectivity index (χ2v) is 9.50. The fourth-order valence-electron chi connectivity index (χ4n) is 3.28. The number of nitrogens with zero attached hydrogens (tertiary/aromatic N) is 1. The van der Waals surface area contributed by atoms with Crippen LogP contribution < -0.4 is 33.2 Å². The number of hydrogen-bond acceptors (Lipinski definition) is 7. The van der Waals surface area contributed by atoms with E-state index in [1.807, 2.05) is 27.7 Å². The molecular formula is C22H43N7O6. The van der Waals surface area contributed by atoms with Gasteiger partial charge < -0.3 is 43.4 Å². The maximum Gasteiger partial charge on any atom is 0.328 e. The molecule has 0 spiro atoms. The van der Waals surface area contributed by atoms with Crippen molar-refractivity contribution in [2.24, 2.45) is 34.0 Å². The van der Waals surface area contributed by atoms with Crippen LogP contribution in [-0.4, -0.2) is 76.7 Å². The van der Waals surface area contributed by atoms with Crippen LogP contribution in [0, 0.1) is 11.8 Å². The molecule has 202 valence electrons. The number of rotatable bonds is 16. The highest BCUT2D eigenvalue weighted by molar-refractivity contribution is 5.94. The van der Waals surface area contributed by atoms with Gasteiger partial charge in [0.25, 0.3) is 0 Å². The van der Waals surface area contributed by atoms with Crippen LogP contribution >= 0.6 is 0 Å². The predicted octanol–water partition coefficient (Wildman–Crippen LogP) is -1.62. The number of aliphatic hydroxyl groups is 1. The first kappa shape index (κ1) is 32.1.